The minimum absolute atomic E-state index is 0.0993. The van der Waals surface area contributed by atoms with Crippen molar-refractivity contribution in [3.05, 3.63) is 35.9 Å². The van der Waals surface area contributed by atoms with Crippen molar-refractivity contribution in [2.45, 2.75) is 24.3 Å². The summed E-state index contributed by atoms with van der Waals surface area (Å²) in [4.78, 5) is 11.9. The number of benzene rings is 1. The lowest BCUT2D eigenvalue weighted by Gasteiger charge is -2.11. The number of nitrogens with one attached hydrogen (secondary N) is 3. The monoisotopic (exact) mass is 327 g/mol. The quantitative estimate of drug-likeness (QED) is 0.398. The Labute approximate surface area is 130 Å². The van der Waals surface area contributed by atoms with Gasteiger partial charge in [-0.3, -0.25) is 9.35 Å². The molecule has 1 aromatic carbocycles. The van der Waals surface area contributed by atoms with Crippen molar-refractivity contribution in [3.63, 3.8) is 0 Å². The number of carbonyl (C=O) groups excluding carboxylic acids is 1. The van der Waals surface area contributed by atoms with E-state index in [0.29, 0.717) is 13.1 Å². The Kier molecular flexibility index (Phi) is 5.90. The molecule has 0 aliphatic carbocycles. The lowest BCUT2D eigenvalue weighted by molar-refractivity contribution is -0.122. The summed E-state index contributed by atoms with van der Waals surface area (Å²) in [5.41, 5.74) is 1.17. The molecule has 0 unspecified atom stereocenters. The van der Waals surface area contributed by atoms with E-state index in [1.807, 2.05) is 30.3 Å². The summed E-state index contributed by atoms with van der Waals surface area (Å²) in [5.74, 6) is -0.243. The lowest BCUT2D eigenvalue weighted by Crippen LogP contribution is -2.42. The van der Waals surface area contributed by atoms with E-state index < -0.39 is 21.4 Å². The summed E-state index contributed by atoms with van der Waals surface area (Å²) >= 11 is 0. The highest BCUT2D eigenvalue weighted by molar-refractivity contribution is 7.86. The molecule has 0 aromatic heterocycles. The van der Waals surface area contributed by atoms with Crippen LogP contribution in [0.3, 0.4) is 0 Å². The van der Waals surface area contributed by atoms with Gasteiger partial charge in [0.1, 0.15) is 5.25 Å². The third-order valence-electron chi connectivity index (χ3n) is 3.60. The molecular weight excluding hydrogens is 306 g/mol. The van der Waals surface area contributed by atoms with Crippen molar-refractivity contribution in [1.82, 2.24) is 16.0 Å². The van der Waals surface area contributed by atoms with Gasteiger partial charge < -0.3 is 16.0 Å². The van der Waals surface area contributed by atoms with Gasteiger partial charge in [0.25, 0.3) is 10.1 Å². The molecule has 1 amide bonds. The molecule has 122 valence electrons. The van der Waals surface area contributed by atoms with Gasteiger partial charge >= 0.3 is 0 Å². The summed E-state index contributed by atoms with van der Waals surface area (Å²) in [6, 6.07) is 9.36. The molecule has 1 aromatic rings. The first-order valence-electron chi connectivity index (χ1n) is 7.19. The van der Waals surface area contributed by atoms with Crippen LogP contribution in [0.15, 0.2) is 30.3 Å². The van der Waals surface area contributed by atoms with Crippen LogP contribution < -0.4 is 16.0 Å². The zero-order chi connectivity index (χ0) is 16.0. The molecule has 4 N–H and O–H groups in total. The lowest BCUT2D eigenvalue weighted by atomic mass is 10.2. The topological polar surface area (TPSA) is 108 Å². The molecule has 2 atom stereocenters. The fraction of sp³-hybridized carbons (Fsp3) is 0.500. The third kappa shape index (κ3) is 5.06. The van der Waals surface area contributed by atoms with Gasteiger partial charge in [-0.25, -0.2) is 0 Å². The van der Waals surface area contributed by atoms with E-state index >= 15 is 0 Å². The van der Waals surface area contributed by atoms with Gasteiger partial charge in [0.15, 0.2) is 0 Å². The van der Waals surface area contributed by atoms with Gasteiger partial charge in [-0.1, -0.05) is 30.3 Å². The van der Waals surface area contributed by atoms with Crippen LogP contribution >= 0.6 is 0 Å². The van der Waals surface area contributed by atoms with Crippen molar-refractivity contribution in [2.24, 2.45) is 0 Å². The maximum atomic E-state index is 11.9. The highest BCUT2D eigenvalue weighted by Crippen LogP contribution is 2.13. The smallest absolute Gasteiger partial charge is 0.269 e. The highest BCUT2D eigenvalue weighted by Gasteiger charge is 2.36. The van der Waals surface area contributed by atoms with E-state index in [9.17, 15) is 13.2 Å². The average Bonchev–Trinajstić information content (AvgIpc) is 2.98. The van der Waals surface area contributed by atoms with Crippen LogP contribution in [-0.2, 0) is 21.5 Å². The van der Waals surface area contributed by atoms with E-state index in [-0.39, 0.29) is 18.9 Å². The van der Waals surface area contributed by atoms with Crippen LogP contribution in [0.1, 0.15) is 12.0 Å². The molecule has 0 bridgehead atoms. The van der Waals surface area contributed by atoms with Crippen LogP contribution in [0.2, 0.25) is 0 Å². The Morgan fingerprint density at radius 2 is 2.00 bits per heavy atom. The number of hydrogen-bond donors (Lipinski definition) is 4. The van der Waals surface area contributed by atoms with E-state index in [0.717, 1.165) is 6.54 Å². The molecule has 1 aliphatic rings. The molecule has 0 saturated carbocycles. The molecule has 1 aliphatic heterocycles. The first-order valence-corrected chi connectivity index (χ1v) is 8.69. The van der Waals surface area contributed by atoms with Gasteiger partial charge in [-0.15, -0.1) is 0 Å². The summed E-state index contributed by atoms with van der Waals surface area (Å²) in [7, 11) is -4.08. The molecule has 1 heterocycles. The Morgan fingerprint density at radius 3 is 2.64 bits per heavy atom. The highest BCUT2D eigenvalue weighted by atomic mass is 32.2. The van der Waals surface area contributed by atoms with Gasteiger partial charge in [0.05, 0.1) is 6.04 Å². The predicted molar refractivity (Wildman–Crippen MR) is 82.9 cm³/mol. The number of rotatable bonds is 7. The Morgan fingerprint density at radius 1 is 1.27 bits per heavy atom. The molecule has 22 heavy (non-hydrogen) atoms. The van der Waals surface area contributed by atoms with Crippen LogP contribution in [0.5, 0.6) is 0 Å². The zero-order valence-corrected chi connectivity index (χ0v) is 13.0. The molecule has 0 spiro atoms. The molecule has 1 fully saturated rings. The van der Waals surface area contributed by atoms with Gasteiger partial charge in [-0.2, -0.15) is 8.42 Å². The van der Waals surface area contributed by atoms with Crippen LogP contribution in [0.25, 0.3) is 0 Å². The minimum atomic E-state index is -4.08. The van der Waals surface area contributed by atoms with Crippen LogP contribution in [0, 0.1) is 0 Å². The normalized spacial score (nSPS) is 21.7. The molecule has 1 saturated heterocycles. The van der Waals surface area contributed by atoms with Crippen molar-refractivity contribution >= 4 is 16.0 Å². The van der Waals surface area contributed by atoms with E-state index in [4.69, 9.17) is 4.55 Å². The Hall–Kier alpha value is -1.48. The number of hydrogen-bond acceptors (Lipinski definition) is 5. The SMILES string of the molecule is O=C(NCCNCc1ccccc1)[C@@H]1C[C@H](S(=O)(=O)O)CN1. The standard InChI is InChI=1S/C14H21N3O4S/c18-14(13-8-12(10-17-13)22(19,20)21)16-7-6-15-9-11-4-2-1-3-5-11/h1-5,12-13,15,17H,6-10H2,(H,16,18)(H,19,20,21)/t12-,13-/m0/s1. The minimum Gasteiger partial charge on any atom is -0.353 e. The van der Waals surface area contributed by atoms with E-state index in [1.165, 1.54) is 5.56 Å². The summed E-state index contributed by atoms with van der Waals surface area (Å²) in [6.07, 6.45) is 0.0993. The third-order valence-corrected chi connectivity index (χ3v) is 4.80. The van der Waals surface area contributed by atoms with Crippen LogP contribution in [-0.4, -0.2) is 49.8 Å². The van der Waals surface area contributed by atoms with E-state index in [1.54, 1.807) is 0 Å². The maximum Gasteiger partial charge on any atom is 0.269 e. The molecule has 7 nitrogen and oxygen atoms in total. The Balaban J connectivity index is 1.62. The fourth-order valence-electron chi connectivity index (χ4n) is 2.36. The van der Waals surface area contributed by atoms with Crippen molar-refractivity contribution in [2.75, 3.05) is 19.6 Å². The first kappa shape index (κ1) is 16.9. The van der Waals surface area contributed by atoms with Crippen molar-refractivity contribution in [1.29, 1.82) is 0 Å². The van der Waals surface area contributed by atoms with Gasteiger partial charge in [0.2, 0.25) is 5.91 Å². The largest absolute Gasteiger partial charge is 0.353 e. The van der Waals surface area contributed by atoms with Crippen LogP contribution in [0.4, 0.5) is 0 Å². The maximum absolute atomic E-state index is 11.9. The van der Waals surface area contributed by atoms with Gasteiger partial charge in [0, 0.05) is 26.2 Å². The second-order valence-electron chi connectivity index (χ2n) is 5.29. The molecular formula is C14H21N3O4S. The summed E-state index contributed by atoms with van der Waals surface area (Å²) in [6.45, 7) is 1.90. The first-order chi connectivity index (χ1) is 10.5. The molecule has 2 rings (SSSR count). The van der Waals surface area contributed by atoms with Crippen molar-refractivity contribution < 1.29 is 17.8 Å². The molecule has 0 radical (unpaired) electrons. The second-order valence-corrected chi connectivity index (χ2v) is 6.98. The number of amides is 1. The van der Waals surface area contributed by atoms with Crippen molar-refractivity contribution in [3.8, 4) is 0 Å². The average molecular weight is 327 g/mol. The summed E-state index contributed by atoms with van der Waals surface area (Å²) in [5, 5.41) is 7.86. The zero-order valence-electron chi connectivity index (χ0n) is 12.2. The predicted octanol–water partition coefficient (Wildman–Crippen LogP) is -0.489. The number of carbonyl (C=O) groups is 1. The second kappa shape index (κ2) is 7.68. The van der Waals surface area contributed by atoms with E-state index in [2.05, 4.69) is 16.0 Å². The molecule has 8 heteroatoms. The fourth-order valence-corrected chi connectivity index (χ4v) is 3.10. The van der Waals surface area contributed by atoms with Gasteiger partial charge in [-0.05, 0) is 12.0 Å². The Bertz CT molecular complexity index is 591. The summed E-state index contributed by atoms with van der Waals surface area (Å²) < 4.78 is 31.0.